The molecule has 0 radical (unpaired) electrons. The first kappa shape index (κ1) is 19.2. The fourth-order valence-electron chi connectivity index (χ4n) is 4.84. The molecule has 1 saturated carbocycles. The summed E-state index contributed by atoms with van der Waals surface area (Å²) in [5.74, 6) is 0. The fourth-order valence-corrected chi connectivity index (χ4v) is 5.04. The Morgan fingerprint density at radius 1 is 1.14 bits per heavy atom. The van der Waals surface area contributed by atoms with Crippen molar-refractivity contribution in [1.29, 1.82) is 0 Å². The number of carbonyl (C=O) groups excluding carboxylic acids is 1. The average Bonchev–Trinajstić information content (AvgIpc) is 2.98. The van der Waals surface area contributed by atoms with Crippen LogP contribution in [0.3, 0.4) is 0 Å². The molecule has 6 heteroatoms. The van der Waals surface area contributed by atoms with Gasteiger partial charge >= 0.3 is 6.03 Å². The van der Waals surface area contributed by atoms with E-state index in [1.165, 1.54) is 5.56 Å². The molecule has 0 atom stereocenters. The van der Waals surface area contributed by atoms with Crippen LogP contribution in [0.25, 0.3) is 0 Å². The second kappa shape index (κ2) is 7.37. The Morgan fingerprint density at radius 2 is 1.86 bits per heavy atom. The number of aromatic nitrogens is 1. The number of hydrogen-bond acceptors (Lipinski definition) is 3. The number of nitrogens with one attached hydrogen (secondary N) is 1. The molecule has 2 aliphatic rings. The maximum Gasteiger partial charge on any atom is 0.318 e. The van der Waals surface area contributed by atoms with Crippen molar-refractivity contribution >= 4 is 17.6 Å². The molecule has 1 aliphatic heterocycles. The van der Waals surface area contributed by atoms with Gasteiger partial charge in [0.1, 0.15) is 0 Å². The molecule has 1 aromatic heterocycles. The zero-order chi connectivity index (χ0) is 19.8. The van der Waals surface area contributed by atoms with Gasteiger partial charge in [0.25, 0.3) is 0 Å². The number of halogens is 1. The number of nitrogens with zero attached hydrogens (tertiary/aromatic N) is 3. The van der Waals surface area contributed by atoms with Crippen molar-refractivity contribution in [3.8, 4) is 0 Å². The van der Waals surface area contributed by atoms with E-state index in [9.17, 15) is 4.79 Å². The molecule has 1 aliphatic carbocycles. The van der Waals surface area contributed by atoms with Crippen LogP contribution in [-0.2, 0) is 12.1 Å². The Bertz CT molecular complexity index is 847. The third kappa shape index (κ3) is 3.49. The topological polar surface area (TPSA) is 48.5 Å². The lowest BCUT2D eigenvalue weighted by Gasteiger charge is -2.48. The zero-order valence-corrected chi connectivity index (χ0v) is 17.2. The van der Waals surface area contributed by atoms with E-state index in [1.807, 2.05) is 11.0 Å². The molecule has 2 heterocycles. The van der Waals surface area contributed by atoms with Crippen molar-refractivity contribution < 1.29 is 4.79 Å². The predicted octanol–water partition coefficient (Wildman–Crippen LogP) is 4.03. The number of hydrogen-bond donors (Lipinski definition) is 1. The van der Waals surface area contributed by atoms with E-state index < -0.39 is 0 Å². The number of carbonyl (C=O) groups is 1. The predicted molar refractivity (Wildman–Crippen MR) is 111 cm³/mol. The smallest absolute Gasteiger partial charge is 0.318 e. The van der Waals surface area contributed by atoms with Gasteiger partial charge in [-0.1, -0.05) is 41.9 Å². The molecule has 5 nitrogen and oxygen atoms in total. The molecule has 2 fully saturated rings. The number of urea groups is 1. The lowest BCUT2D eigenvalue weighted by atomic mass is 9.69. The third-order valence-corrected chi connectivity index (χ3v) is 6.70. The van der Waals surface area contributed by atoms with E-state index in [0.717, 1.165) is 37.8 Å². The molecule has 148 valence electrons. The van der Waals surface area contributed by atoms with Crippen LogP contribution in [0.5, 0.6) is 0 Å². The first-order valence-electron chi connectivity index (χ1n) is 9.82. The number of pyridine rings is 1. The molecule has 0 bridgehead atoms. The Hall–Kier alpha value is -2.11. The maximum atomic E-state index is 12.7. The van der Waals surface area contributed by atoms with Crippen LogP contribution < -0.4 is 5.32 Å². The lowest BCUT2D eigenvalue weighted by molar-refractivity contribution is 0.0617. The molecule has 1 N–H and O–H groups in total. The van der Waals surface area contributed by atoms with Gasteiger partial charge in [0.05, 0.1) is 10.6 Å². The van der Waals surface area contributed by atoms with Gasteiger partial charge in [0.15, 0.2) is 0 Å². The van der Waals surface area contributed by atoms with Crippen molar-refractivity contribution in [1.82, 2.24) is 20.1 Å². The number of amides is 2. The van der Waals surface area contributed by atoms with Crippen LogP contribution in [0.15, 0.2) is 48.8 Å². The van der Waals surface area contributed by atoms with Crippen molar-refractivity contribution in [2.75, 3.05) is 20.6 Å². The van der Waals surface area contributed by atoms with Gasteiger partial charge in [-0.05, 0) is 57.0 Å². The molecule has 2 amide bonds. The van der Waals surface area contributed by atoms with E-state index in [0.29, 0.717) is 11.6 Å². The quantitative estimate of drug-likeness (QED) is 0.845. The highest BCUT2D eigenvalue weighted by atomic mass is 35.5. The summed E-state index contributed by atoms with van der Waals surface area (Å²) in [6, 6.07) is 12.6. The van der Waals surface area contributed by atoms with Crippen LogP contribution in [0.1, 0.15) is 36.8 Å². The SMILES string of the molecule is CN(C)C1(c2ccccc2)CCC2(CC1)CN(Cc1cncc(Cl)c1)C(=O)N2. The van der Waals surface area contributed by atoms with E-state index in [1.54, 1.807) is 12.4 Å². The van der Waals surface area contributed by atoms with Crippen LogP contribution >= 0.6 is 11.6 Å². The van der Waals surface area contributed by atoms with E-state index in [2.05, 4.69) is 59.6 Å². The monoisotopic (exact) mass is 398 g/mol. The molecule has 1 aromatic carbocycles. The van der Waals surface area contributed by atoms with Crippen molar-refractivity contribution in [3.63, 3.8) is 0 Å². The highest BCUT2D eigenvalue weighted by Crippen LogP contribution is 2.46. The Morgan fingerprint density at radius 3 is 2.50 bits per heavy atom. The minimum Gasteiger partial charge on any atom is -0.331 e. The van der Waals surface area contributed by atoms with E-state index in [-0.39, 0.29) is 17.1 Å². The van der Waals surface area contributed by atoms with Gasteiger partial charge in [-0.3, -0.25) is 9.88 Å². The van der Waals surface area contributed by atoms with Gasteiger partial charge in [-0.2, -0.15) is 0 Å². The second-order valence-electron chi connectivity index (χ2n) is 8.37. The van der Waals surface area contributed by atoms with Crippen LogP contribution in [0.4, 0.5) is 4.79 Å². The lowest BCUT2D eigenvalue weighted by Crippen LogP contribution is -2.54. The number of benzene rings is 1. The second-order valence-corrected chi connectivity index (χ2v) is 8.81. The van der Waals surface area contributed by atoms with E-state index in [4.69, 9.17) is 11.6 Å². The summed E-state index contributed by atoms with van der Waals surface area (Å²) in [5, 5.41) is 3.90. The summed E-state index contributed by atoms with van der Waals surface area (Å²) in [5.41, 5.74) is 2.21. The maximum absolute atomic E-state index is 12.7. The van der Waals surface area contributed by atoms with Crippen LogP contribution in [0.2, 0.25) is 5.02 Å². The number of rotatable bonds is 4. The molecule has 0 unspecified atom stereocenters. The summed E-state index contributed by atoms with van der Waals surface area (Å²) in [4.78, 5) is 21.0. The Kier molecular flexibility index (Phi) is 5.06. The highest BCUT2D eigenvalue weighted by Gasteiger charge is 2.49. The Balaban J connectivity index is 1.49. The van der Waals surface area contributed by atoms with Crippen molar-refractivity contribution in [2.45, 2.75) is 43.3 Å². The molecule has 2 aromatic rings. The van der Waals surface area contributed by atoms with Crippen LogP contribution in [-0.4, -0.2) is 47.0 Å². The van der Waals surface area contributed by atoms with Gasteiger partial charge < -0.3 is 10.2 Å². The van der Waals surface area contributed by atoms with Crippen molar-refractivity contribution in [3.05, 3.63) is 64.9 Å². The summed E-state index contributed by atoms with van der Waals surface area (Å²) in [7, 11) is 4.33. The summed E-state index contributed by atoms with van der Waals surface area (Å²) in [6.07, 6.45) is 7.37. The average molecular weight is 399 g/mol. The molecule has 28 heavy (non-hydrogen) atoms. The van der Waals surface area contributed by atoms with E-state index >= 15 is 0 Å². The van der Waals surface area contributed by atoms with Gasteiger partial charge in [0, 0.05) is 31.0 Å². The standard InChI is InChI=1S/C22H27ClN4O/c1-26(2)22(18-6-4-3-5-7-18)10-8-21(9-11-22)16-27(20(28)25-21)15-17-12-19(23)14-24-13-17/h3-7,12-14H,8-11,15-16H2,1-2H3,(H,25,28). The summed E-state index contributed by atoms with van der Waals surface area (Å²) >= 11 is 6.04. The fraction of sp³-hybridized carbons (Fsp3) is 0.455. The molecular formula is C22H27ClN4O. The molecule has 1 saturated heterocycles. The largest absolute Gasteiger partial charge is 0.331 e. The zero-order valence-electron chi connectivity index (χ0n) is 16.5. The molecular weight excluding hydrogens is 372 g/mol. The van der Waals surface area contributed by atoms with Gasteiger partial charge in [0.2, 0.25) is 0 Å². The van der Waals surface area contributed by atoms with Gasteiger partial charge in [-0.25, -0.2) is 4.79 Å². The minimum absolute atomic E-state index is 0.0111. The minimum atomic E-state index is -0.141. The molecule has 4 rings (SSSR count). The van der Waals surface area contributed by atoms with Gasteiger partial charge in [-0.15, -0.1) is 0 Å². The first-order chi connectivity index (χ1) is 13.4. The van der Waals surface area contributed by atoms with Crippen LogP contribution in [0, 0.1) is 0 Å². The summed E-state index contributed by atoms with van der Waals surface area (Å²) in [6.45, 7) is 1.27. The first-order valence-corrected chi connectivity index (χ1v) is 10.2. The highest BCUT2D eigenvalue weighted by molar-refractivity contribution is 6.30. The van der Waals surface area contributed by atoms with Crippen molar-refractivity contribution in [2.24, 2.45) is 0 Å². The Labute approximate surface area is 171 Å². The normalized spacial score (nSPS) is 27.4. The third-order valence-electron chi connectivity index (χ3n) is 6.49. The summed E-state index contributed by atoms with van der Waals surface area (Å²) < 4.78 is 0. The molecule has 1 spiro atoms.